The largest absolute Gasteiger partial charge is 0.497 e. The summed E-state index contributed by atoms with van der Waals surface area (Å²) >= 11 is 0. The summed E-state index contributed by atoms with van der Waals surface area (Å²) in [5.41, 5.74) is 3.48. The molecule has 4 nitrogen and oxygen atoms in total. The first kappa shape index (κ1) is 15.3. The zero-order chi connectivity index (χ0) is 16.4. The van der Waals surface area contributed by atoms with Crippen molar-refractivity contribution in [1.29, 1.82) is 0 Å². The average Bonchev–Trinajstić information content (AvgIpc) is 2.71. The van der Waals surface area contributed by atoms with Crippen LogP contribution in [0.15, 0.2) is 53.5 Å². The third-order valence-corrected chi connectivity index (χ3v) is 3.95. The molecule has 0 bridgehead atoms. The lowest BCUT2D eigenvalue weighted by Gasteiger charge is -2.14. The van der Waals surface area contributed by atoms with Gasteiger partial charge in [0, 0.05) is 11.1 Å². The number of hydrogen-bond donors (Lipinski definition) is 1. The monoisotopic (exact) mass is 308 g/mol. The predicted octanol–water partition coefficient (Wildman–Crippen LogP) is 3.51. The lowest BCUT2D eigenvalue weighted by atomic mass is 10.00. The highest BCUT2D eigenvalue weighted by atomic mass is 16.5. The van der Waals surface area contributed by atoms with Crippen molar-refractivity contribution in [3.05, 3.63) is 59.7 Å². The highest BCUT2D eigenvalue weighted by molar-refractivity contribution is 6.19. The van der Waals surface area contributed by atoms with Crippen molar-refractivity contribution in [1.82, 2.24) is 0 Å². The number of anilines is 1. The van der Waals surface area contributed by atoms with Gasteiger partial charge in [-0.2, -0.15) is 0 Å². The van der Waals surface area contributed by atoms with Crippen LogP contribution in [0, 0.1) is 5.92 Å². The molecule has 2 aromatic rings. The van der Waals surface area contributed by atoms with E-state index in [0.717, 1.165) is 28.3 Å². The van der Waals surface area contributed by atoms with Crippen LogP contribution in [0.5, 0.6) is 5.75 Å². The van der Waals surface area contributed by atoms with Crippen LogP contribution < -0.4 is 10.1 Å². The summed E-state index contributed by atoms with van der Waals surface area (Å²) in [5.74, 6) is 0.822. The van der Waals surface area contributed by atoms with Crippen LogP contribution in [-0.2, 0) is 4.79 Å². The number of carbonyl (C=O) groups is 1. The smallest absolute Gasteiger partial charge is 0.249 e. The molecule has 23 heavy (non-hydrogen) atoms. The van der Waals surface area contributed by atoms with E-state index in [1.807, 2.05) is 62.4 Å². The fourth-order valence-electron chi connectivity index (χ4n) is 2.72. The molecule has 0 aromatic heterocycles. The standard InChI is InChI=1S/C19H20N2O2/c1-12(2)17-19(22)20-16-10-5-4-9-15(16)18(21-17)13-7-6-8-14(11-13)23-3/h4-12,17H,1-3H3,(H,20,22). The summed E-state index contributed by atoms with van der Waals surface area (Å²) in [7, 11) is 1.64. The number of rotatable bonds is 3. The maximum Gasteiger partial charge on any atom is 0.249 e. The van der Waals surface area contributed by atoms with Gasteiger partial charge in [-0.05, 0) is 24.1 Å². The van der Waals surface area contributed by atoms with Gasteiger partial charge in [-0.1, -0.05) is 44.2 Å². The van der Waals surface area contributed by atoms with E-state index >= 15 is 0 Å². The minimum Gasteiger partial charge on any atom is -0.497 e. The Bertz CT molecular complexity index is 765. The molecule has 3 rings (SSSR count). The van der Waals surface area contributed by atoms with Gasteiger partial charge in [-0.15, -0.1) is 0 Å². The molecule has 1 atom stereocenters. The Hall–Kier alpha value is -2.62. The van der Waals surface area contributed by atoms with E-state index in [2.05, 4.69) is 5.32 Å². The van der Waals surface area contributed by atoms with Gasteiger partial charge in [0.05, 0.1) is 18.5 Å². The summed E-state index contributed by atoms with van der Waals surface area (Å²) in [6.07, 6.45) is 0. The fraction of sp³-hybridized carbons (Fsp3) is 0.263. The summed E-state index contributed by atoms with van der Waals surface area (Å²) in [6, 6.07) is 15.1. The Morgan fingerprint density at radius 3 is 2.65 bits per heavy atom. The molecule has 0 aliphatic carbocycles. The number of nitrogens with one attached hydrogen (secondary N) is 1. The van der Waals surface area contributed by atoms with Gasteiger partial charge >= 0.3 is 0 Å². The average molecular weight is 308 g/mol. The number of amides is 1. The number of ether oxygens (including phenoxy) is 1. The molecule has 1 aliphatic heterocycles. The Morgan fingerprint density at radius 1 is 1.13 bits per heavy atom. The Labute approximate surface area is 136 Å². The predicted molar refractivity (Wildman–Crippen MR) is 92.3 cm³/mol. The normalized spacial score (nSPS) is 17.1. The van der Waals surface area contributed by atoms with E-state index in [9.17, 15) is 4.79 Å². The van der Waals surface area contributed by atoms with Crippen LogP contribution >= 0.6 is 0 Å². The summed E-state index contributed by atoms with van der Waals surface area (Å²) in [6.45, 7) is 4.01. The van der Waals surface area contributed by atoms with E-state index in [-0.39, 0.29) is 11.8 Å². The van der Waals surface area contributed by atoms with Crippen LogP contribution in [0.3, 0.4) is 0 Å². The van der Waals surface area contributed by atoms with Gasteiger partial charge in [0.15, 0.2) is 0 Å². The third-order valence-electron chi connectivity index (χ3n) is 3.95. The van der Waals surface area contributed by atoms with Crippen LogP contribution in [0.1, 0.15) is 25.0 Å². The molecule has 0 radical (unpaired) electrons. The molecule has 2 aromatic carbocycles. The van der Waals surface area contributed by atoms with Gasteiger partial charge in [0.25, 0.3) is 0 Å². The Morgan fingerprint density at radius 2 is 1.91 bits per heavy atom. The van der Waals surface area contributed by atoms with Crippen LogP contribution in [0.25, 0.3) is 0 Å². The minimum atomic E-state index is -0.413. The number of methoxy groups -OCH3 is 1. The van der Waals surface area contributed by atoms with Gasteiger partial charge < -0.3 is 10.1 Å². The van der Waals surface area contributed by atoms with Crippen molar-refractivity contribution in [3.8, 4) is 5.75 Å². The molecule has 1 heterocycles. The Kier molecular flexibility index (Phi) is 4.15. The van der Waals surface area contributed by atoms with Crippen molar-refractivity contribution in [2.75, 3.05) is 12.4 Å². The number of para-hydroxylation sites is 1. The summed E-state index contributed by atoms with van der Waals surface area (Å²) < 4.78 is 5.32. The number of benzodiazepines with no additional fused rings is 1. The summed E-state index contributed by atoms with van der Waals surface area (Å²) in [4.78, 5) is 17.3. The number of carbonyl (C=O) groups excluding carboxylic acids is 1. The van der Waals surface area contributed by atoms with Crippen molar-refractivity contribution in [2.24, 2.45) is 10.9 Å². The topological polar surface area (TPSA) is 50.7 Å². The Balaban J connectivity index is 2.20. The van der Waals surface area contributed by atoms with Gasteiger partial charge in [0.2, 0.25) is 5.91 Å². The van der Waals surface area contributed by atoms with E-state index in [1.165, 1.54) is 0 Å². The number of fused-ring (bicyclic) bond motifs is 1. The van der Waals surface area contributed by atoms with E-state index < -0.39 is 6.04 Å². The second kappa shape index (κ2) is 6.24. The minimum absolute atomic E-state index is 0.0645. The maximum absolute atomic E-state index is 12.5. The molecular formula is C19H20N2O2. The molecule has 4 heteroatoms. The second-order valence-electron chi connectivity index (χ2n) is 5.93. The fourth-order valence-corrected chi connectivity index (χ4v) is 2.72. The van der Waals surface area contributed by atoms with Gasteiger partial charge in [-0.25, -0.2) is 0 Å². The van der Waals surface area contributed by atoms with Gasteiger partial charge in [-0.3, -0.25) is 9.79 Å². The van der Waals surface area contributed by atoms with Crippen molar-refractivity contribution < 1.29 is 9.53 Å². The first-order chi connectivity index (χ1) is 11.1. The number of benzene rings is 2. The maximum atomic E-state index is 12.5. The third kappa shape index (κ3) is 2.97. The summed E-state index contributed by atoms with van der Waals surface area (Å²) in [5, 5.41) is 3.00. The highest BCUT2D eigenvalue weighted by Crippen LogP contribution is 2.27. The first-order valence-corrected chi connectivity index (χ1v) is 7.72. The molecule has 0 fully saturated rings. The number of nitrogens with zero attached hydrogens (tertiary/aromatic N) is 1. The van der Waals surface area contributed by atoms with Gasteiger partial charge in [0.1, 0.15) is 11.8 Å². The molecule has 0 spiro atoms. The number of hydrogen-bond acceptors (Lipinski definition) is 3. The molecule has 0 saturated heterocycles. The van der Waals surface area contributed by atoms with E-state index in [1.54, 1.807) is 7.11 Å². The van der Waals surface area contributed by atoms with Crippen molar-refractivity contribution >= 4 is 17.3 Å². The first-order valence-electron chi connectivity index (χ1n) is 7.72. The van der Waals surface area contributed by atoms with Crippen LogP contribution in [-0.4, -0.2) is 24.8 Å². The van der Waals surface area contributed by atoms with Crippen molar-refractivity contribution in [3.63, 3.8) is 0 Å². The van der Waals surface area contributed by atoms with Crippen LogP contribution in [0.2, 0.25) is 0 Å². The van der Waals surface area contributed by atoms with E-state index in [4.69, 9.17) is 9.73 Å². The molecule has 1 amide bonds. The zero-order valence-corrected chi connectivity index (χ0v) is 13.5. The van der Waals surface area contributed by atoms with E-state index in [0.29, 0.717) is 0 Å². The second-order valence-corrected chi connectivity index (χ2v) is 5.93. The van der Waals surface area contributed by atoms with Crippen molar-refractivity contribution in [2.45, 2.75) is 19.9 Å². The molecule has 118 valence electrons. The SMILES string of the molecule is COc1cccc(C2=NC(C(C)C)C(=O)Nc3ccccc32)c1. The molecule has 0 saturated carbocycles. The zero-order valence-electron chi connectivity index (χ0n) is 13.5. The lowest BCUT2D eigenvalue weighted by Crippen LogP contribution is -2.30. The lowest BCUT2D eigenvalue weighted by molar-refractivity contribution is -0.118. The molecule has 1 unspecified atom stereocenters. The molecular weight excluding hydrogens is 288 g/mol. The van der Waals surface area contributed by atoms with Crippen LogP contribution in [0.4, 0.5) is 5.69 Å². The number of aliphatic imine (C=N–C) groups is 1. The molecule has 1 N–H and O–H groups in total. The highest BCUT2D eigenvalue weighted by Gasteiger charge is 2.27. The quantitative estimate of drug-likeness (QED) is 0.943. The molecule has 1 aliphatic rings.